The molecule has 4 amide bonds. The molecule has 5 aromatic carbocycles. The molecule has 5 aromatic rings. The second-order valence-corrected chi connectivity index (χ2v) is 15.2. The molecule has 0 bridgehead atoms. The molecule has 59 heavy (non-hydrogen) atoms. The molecule has 0 aliphatic carbocycles. The van der Waals surface area contributed by atoms with Gasteiger partial charge in [-0.1, -0.05) is 60.7 Å². The van der Waals surface area contributed by atoms with Gasteiger partial charge in [0.1, 0.15) is 38.7 Å². The van der Waals surface area contributed by atoms with Crippen molar-refractivity contribution >= 4 is 79.2 Å². The third-order valence-electron chi connectivity index (χ3n) is 8.80. The first-order valence-electron chi connectivity index (χ1n) is 16.7. The van der Waals surface area contributed by atoms with E-state index in [1.807, 2.05) is 0 Å². The minimum absolute atomic E-state index is 0. The smallest absolute Gasteiger partial charge is 0.744 e. The van der Waals surface area contributed by atoms with E-state index in [4.69, 9.17) is 0 Å². The van der Waals surface area contributed by atoms with Gasteiger partial charge in [-0.25, -0.2) is 36.9 Å². The summed E-state index contributed by atoms with van der Waals surface area (Å²) in [4.78, 5) is 72.7. The van der Waals surface area contributed by atoms with Gasteiger partial charge in [-0.05, 0) is 84.8 Å². The Morgan fingerprint density at radius 2 is 0.814 bits per heavy atom. The number of hydrogen-bond donors (Lipinski definition) is 0. The van der Waals surface area contributed by atoms with Crippen LogP contribution < -0.4 is 79.2 Å². The fraction of sp³-hybridized carbons (Fsp3) is 0.0769. The monoisotopic (exact) mass is 854 g/mol. The van der Waals surface area contributed by atoms with Gasteiger partial charge in [0.15, 0.2) is 5.92 Å². The minimum atomic E-state index is -4.65. The van der Waals surface area contributed by atoms with E-state index in [1.54, 1.807) is 84.9 Å². The molecule has 0 radical (unpaired) electrons. The minimum Gasteiger partial charge on any atom is -0.744 e. The summed E-state index contributed by atoms with van der Waals surface area (Å²) in [5, 5.41) is 4.46. The summed E-state index contributed by atoms with van der Waals surface area (Å²) >= 11 is 0. The van der Waals surface area contributed by atoms with Crippen molar-refractivity contribution in [1.29, 1.82) is 0 Å². The van der Waals surface area contributed by atoms with Crippen LogP contribution in [0.4, 0.5) is 22.7 Å². The summed E-state index contributed by atoms with van der Waals surface area (Å²) in [5.74, 6) is -4.91. The van der Waals surface area contributed by atoms with Crippen LogP contribution in [-0.4, -0.2) is 62.1 Å². The van der Waals surface area contributed by atoms with E-state index in [1.165, 1.54) is 34.3 Å². The van der Waals surface area contributed by atoms with Crippen LogP contribution in [0.15, 0.2) is 143 Å². The van der Waals surface area contributed by atoms with E-state index in [0.717, 1.165) is 34.3 Å². The van der Waals surface area contributed by atoms with Crippen LogP contribution in [0, 0.1) is 11.8 Å². The zero-order valence-electron chi connectivity index (χ0n) is 31.2. The van der Waals surface area contributed by atoms with Crippen molar-refractivity contribution in [3.63, 3.8) is 0 Å². The number of nitrogens with zero attached hydrogens (tertiary/aromatic N) is 4. The number of hydrazine groups is 2. The van der Waals surface area contributed by atoms with Gasteiger partial charge >= 0.3 is 59.1 Å². The zero-order chi connectivity index (χ0) is 41.1. The van der Waals surface area contributed by atoms with Crippen LogP contribution in [0.3, 0.4) is 0 Å². The maximum atomic E-state index is 13.3. The van der Waals surface area contributed by atoms with Gasteiger partial charge in [-0.2, -0.15) is 0 Å². The van der Waals surface area contributed by atoms with Gasteiger partial charge in [0.25, 0.3) is 23.6 Å². The van der Waals surface area contributed by atoms with Gasteiger partial charge in [0.05, 0.1) is 32.5 Å². The van der Waals surface area contributed by atoms with Gasteiger partial charge in [0, 0.05) is 5.56 Å². The summed E-state index contributed by atoms with van der Waals surface area (Å²) in [7, 11) is -9.29. The number of benzene rings is 5. The van der Waals surface area contributed by atoms with Crippen LogP contribution in [-0.2, 0) is 50.6 Å². The Bertz CT molecular complexity index is 2580. The van der Waals surface area contributed by atoms with Gasteiger partial charge < -0.3 is 13.9 Å². The molecule has 16 nitrogen and oxygen atoms in total. The van der Waals surface area contributed by atoms with E-state index in [2.05, 4.69) is 0 Å². The molecule has 20 heteroatoms. The first kappa shape index (κ1) is 46.8. The molecule has 7 rings (SSSR count). The SMILES string of the molecule is O=CC1C(=O)N(c2ccccc2)N(c2ccc(S(=O)(=O)[O-])cc2)C1=O.O=Cc1ccc(CC2C(=O)N(c3ccccc3)N(c3ccc(S(=O)(=O)[O-])cc3)C2=O)cc1.[Na+].[Na+]. The third kappa shape index (κ3) is 10.1. The molecule has 290 valence electrons. The van der Waals surface area contributed by atoms with Crippen LogP contribution in [0.25, 0.3) is 0 Å². The second kappa shape index (κ2) is 19.5. The molecule has 2 unspecified atom stereocenters. The fourth-order valence-electron chi connectivity index (χ4n) is 6.04. The molecule has 2 heterocycles. The number of carbonyl (C=O) groups excluding carboxylic acids is 6. The van der Waals surface area contributed by atoms with Crippen molar-refractivity contribution in [3.8, 4) is 0 Å². The summed E-state index contributed by atoms with van der Waals surface area (Å²) in [5.41, 5.74) is 2.43. The quantitative estimate of drug-likeness (QED) is 0.0604. The predicted octanol–water partition coefficient (Wildman–Crippen LogP) is -2.73. The second-order valence-electron chi connectivity index (χ2n) is 12.4. The van der Waals surface area contributed by atoms with E-state index in [-0.39, 0.29) is 83.2 Å². The Hall–Kier alpha value is -4.86. The molecule has 2 aliphatic rings. The Morgan fingerprint density at radius 3 is 1.14 bits per heavy atom. The number of para-hydroxylation sites is 2. The zero-order valence-corrected chi connectivity index (χ0v) is 36.9. The molecular formula is C39H28N4Na2O12S2. The van der Waals surface area contributed by atoms with Crippen molar-refractivity contribution in [2.75, 3.05) is 20.0 Å². The van der Waals surface area contributed by atoms with Crippen molar-refractivity contribution in [2.45, 2.75) is 16.2 Å². The Morgan fingerprint density at radius 1 is 0.475 bits per heavy atom. The number of rotatable bonds is 10. The van der Waals surface area contributed by atoms with E-state index < -0.39 is 65.5 Å². The predicted molar refractivity (Wildman–Crippen MR) is 200 cm³/mol. The van der Waals surface area contributed by atoms with E-state index in [9.17, 15) is 54.7 Å². The topological polar surface area (TPSA) is 230 Å². The van der Waals surface area contributed by atoms with Crippen molar-refractivity contribution < 1.29 is 114 Å². The van der Waals surface area contributed by atoms with Crippen molar-refractivity contribution in [1.82, 2.24) is 0 Å². The molecule has 0 aromatic heterocycles. The standard InChI is InChI=1S/C23H18N2O6S.C16H12N2O6S.2Na/c26-15-17-8-6-16(7-9-17)14-21-22(27)24(18-4-2-1-3-5-18)25(23(21)28)19-10-12-20(13-11-19)32(29,30)31;19-10-14-15(20)17(11-4-2-1-3-5-11)18(16(14)21)12-6-8-13(9-7-12)25(22,23)24;;/h1-13,15,21H,14H2,(H,29,30,31);1-10,14H,(H,22,23,24);;/q;;2*+1/p-2. The van der Waals surface area contributed by atoms with Crippen LogP contribution >= 0.6 is 0 Å². The van der Waals surface area contributed by atoms with Crippen molar-refractivity contribution in [3.05, 3.63) is 145 Å². The normalized spacial score (nSPS) is 16.5. The average molecular weight is 855 g/mol. The number of aldehydes is 2. The van der Waals surface area contributed by atoms with Gasteiger partial charge in [-0.3, -0.25) is 24.0 Å². The largest absolute Gasteiger partial charge is 1.00 e. The number of amides is 4. The molecule has 0 N–H and O–H groups in total. The number of anilines is 4. The Labute approximate surface area is 382 Å². The average Bonchev–Trinajstić information content (AvgIpc) is 3.61. The molecule has 0 saturated carbocycles. The summed E-state index contributed by atoms with van der Waals surface area (Å²) in [6.07, 6.45) is 1.10. The number of hydrogen-bond acceptors (Lipinski definition) is 12. The fourth-order valence-corrected chi connectivity index (χ4v) is 6.98. The van der Waals surface area contributed by atoms with E-state index in [0.29, 0.717) is 28.8 Å². The van der Waals surface area contributed by atoms with Crippen LogP contribution in [0.1, 0.15) is 15.9 Å². The van der Waals surface area contributed by atoms with Crippen LogP contribution in [0.5, 0.6) is 0 Å². The maximum Gasteiger partial charge on any atom is 1.00 e. The maximum absolute atomic E-state index is 13.3. The third-order valence-corrected chi connectivity index (χ3v) is 10.5. The molecular weight excluding hydrogens is 827 g/mol. The summed E-state index contributed by atoms with van der Waals surface area (Å²) < 4.78 is 66.8. The van der Waals surface area contributed by atoms with E-state index >= 15 is 0 Å². The molecule has 0 spiro atoms. The molecule has 2 fully saturated rings. The molecule has 2 saturated heterocycles. The summed E-state index contributed by atoms with van der Waals surface area (Å²) in [6, 6.07) is 32.7. The Balaban J connectivity index is 0.000000259. The van der Waals surface area contributed by atoms with Crippen molar-refractivity contribution in [2.24, 2.45) is 11.8 Å². The van der Waals surface area contributed by atoms with Crippen LogP contribution in [0.2, 0.25) is 0 Å². The first-order valence-corrected chi connectivity index (χ1v) is 19.5. The van der Waals surface area contributed by atoms with Gasteiger partial charge in [-0.15, -0.1) is 0 Å². The Kier molecular flexibility index (Phi) is 15.5. The molecule has 2 atom stereocenters. The summed E-state index contributed by atoms with van der Waals surface area (Å²) in [6.45, 7) is 0. The van der Waals surface area contributed by atoms with Gasteiger partial charge in [0.2, 0.25) is 0 Å². The molecule has 2 aliphatic heterocycles. The number of carbonyl (C=O) groups is 6. The first-order chi connectivity index (χ1) is 27.1.